The third-order valence-electron chi connectivity index (χ3n) is 3.58. The summed E-state index contributed by atoms with van der Waals surface area (Å²) in [6.07, 6.45) is 0. The van der Waals surface area contributed by atoms with Gasteiger partial charge in [-0.2, -0.15) is 4.98 Å². The maximum atomic E-state index is 5.90. The Morgan fingerprint density at radius 1 is 1.16 bits per heavy atom. The van der Waals surface area contributed by atoms with Gasteiger partial charge < -0.3 is 10.5 Å². The Bertz CT molecular complexity index is 1060. The van der Waals surface area contributed by atoms with E-state index in [0.717, 1.165) is 15.5 Å². The Balaban J connectivity index is 1.80. The van der Waals surface area contributed by atoms with Crippen LogP contribution >= 0.6 is 15.9 Å². The summed E-state index contributed by atoms with van der Waals surface area (Å²) in [5.41, 5.74) is 7.99. The highest BCUT2D eigenvalue weighted by Gasteiger charge is 2.19. The van der Waals surface area contributed by atoms with Crippen LogP contribution in [-0.4, -0.2) is 34.7 Å². The average molecular weight is 401 g/mol. The van der Waals surface area contributed by atoms with Gasteiger partial charge in [-0.15, -0.1) is 0 Å². The SMILES string of the molecule is Cn1nnnc1-n1c(OCc2cccc(N)n2)nc2c(Br)cccc21. The Labute approximate surface area is 150 Å². The molecule has 0 unspecified atom stereocenters. The van der Waals surface area contributed by atoms with Crippen molar-refractivity contribution in [1.82, 2.24) is 34.7 Å². The number of hydrogen-bond donors (Lipinski definition) is 1. The van der Waals surface area contributed by atoms with E-state index < -0.39 is 0 Å². The molecular formula is C15H13BrN8O. The monoisotopic (exact) mass is 400 g/mol. The minimum Gasteiger partial charge on any atom is -0.458 e. The van der Waals surface area contributed by atoms with Crippen molar-refractivity contribution in [2.75, 3.05) is 5.73 Å². The van der Waals surface area contributed by atoms with E-state index in [1.54, 1.807) is 22.4 Å². The van der Waals surface area contributed by atoms with Gasteiger partial charge in [-0.1, -0.05) is 17.2 Å². The lowest BCUT2D eigenvalue weighted by atomic mass is 10.3. The van der Waals surface area contributed by atoms with Gasteiger partial charge in [0, 0.05) is 11.5 Å². The molecule has 9 nitrogen and oxygen atoms in total. The van der Waals surface area contributed by atoms with Crippen LogP contribution in [0.1, 0.15) is 5.69 Å². The lowest BCUT2D eigenvalue weighted by molar-refractivity contribution is 0.272. The van der Waals surface area contributed by atoms with E-state index in [0.29, 0.717) is 23.5 Å². The van der Waals surface area contributed by atoms with Crippen LogP contribution < -0.4 is 10.5 Å². The van der Waals surface area contributed by atoms with E-state index in [1.165, 1.54) is 0 Å². The molecule has 0 fully saturated rings. The largest absolute Gasteiger partial charge is 0.458 e. The number of rotatable bonds is 4. The van der Waals surface area contributed by atoms with Crippen molar-refractivity contribution in [3.63, 3.8) is 0 Å². The van der Waals surface area contributed by atoms with E-state index in [-0.39, 0.29) is 6.61 Å². The van der Waals surface area contributed by atoms with Gasteiger partial charge >= 0.3 is 6.01 Å². The number of para-hydroxylation sites is 1. The van der Waals surface area contributed by atoms with Crippen molar-refractivity contribution in [3.8, 4) is 12.0 Å². The number of fused-ring (bicyclic) bond motifs is 1. The number of anilines is 1. The fourth-order valence-corrected chi connectivity index (χ4v) is 2.91. The maximum Gasteiger partial charge on any atom is 0.305 e. The van der Waals surface area contributed by atoms with Crippen molar-refractivity contribution in [2.24, 2.45) is 7.05 Å². The zero-order valence-electron chi connectivity index (χ0n) is 13.2. The maximum absolute atomic E-state index is 5.90. The fourth-order valence-electron chi connectivity index (χ4n) is 2.47. The van der Waals surface area contributed by atoms with Crippen LogP contribution in [0, 0.1) is 0 Å². The normalized spacial score (nSPS) is 11.1. The Morgan fingerprint density at radius 2 is 2.00 bits per heavy atom. The number of pyridine rings is 1. The molecule has 0 amide bonds. The quantitative estimate of drug-likeness (QED) is 0.556. The second-order valence-corrected chi connectivity index (χ2v) is 6.14. The third-order valence-corrected chi connectivity index (χ3v) is 4.22. The van der Waals surface area contributed by atoms with E-state index in [1.807, 2.05) is 30.3 Å². The van der Waals surface area contributed by atoms with E-state index in [9.17, 15) is 0 Å². The Morgan fingerprint density at radius 3 is 2.76 bits per heavy atom. The molecule has 3 aromatic heterocycles. The van der Waals surface area contributed by atoms with Gasteiger partial charge in [0.1, 0.15) is 17.9 Å². The number of benzene rings is 1. The molecule has 4 aromatic rings. The highest BCUT2D eigenvalue weighted by Crippen LogP contribution is 2.30. The summed E-state index contributed by atoms with van der Waals surface area (Å²) in [4.78, 5) is 8.80. The smallest absolute Gasteiger partial charge is 0.305 e. The number of ether oxygens (including phenoxy) is 1. The molecule has 25 heavy (non-hydrogen) atoms. The molecule has 0 saturated heterocycles. The first-order valence-electron chi connectivity index (χ1n) is 7.37. The number of imidazole rings is 1. The van der Waals surface area contributed by atoms with Crippen LogP contribution in [-0.2, 0) is 13.7 Å². The van der Waals surface area contributed by atoms with Gasteiger partial charge in [0.15, 0.2) is 0 Å². The van der Waals surface area contributed by atoms with Crippen LogP contribution in [0.25, 0.3) is 17.0 Å². The molecular weight excluding hydrogens is 388 g/mol. The van der Waals surface area contributed by atoms with E-state index in [2.05, 4.69) is 41.4 Å². The molecule has 0 saturated carbocycles. The highest BCUT2D eigenvalue weighted by molar-refractivity contribution is 9.10. The molecule has 0 bridgehead atoms. The summed E-state index contributed by atoms with van der Waals surface area (Å²) >= 11 is 3.51. The van der Waals surface area contributed by atoms with Crippen molar-refractivity contribution in [2.45, 2.75) is 6.61 Å². The molecule has 0 aliphatic rings. The lowest BCUT2D eigenvalue weighted by Gasteiger charge is -2.08. The fraction of sp³-hybridized carbons (Fsp3) is 0.133. The number of nitrogens with two attached hydrogens (primary N) is 1. The van der Waals surface area contributed by atoms with Crippen LogP contribution in [0.2, 0.25) is 0 Å². The molecule has 0 atom stereocenters. The topological polar surface area (TPSA) is 110 Å². The van der Waals surface area contributed by atoms with Gasteiger partial charge in [-0.3, -0.25) is 0 Å². The van der Waals surface area contributed by atoms with Crippen LogP contribution in [0.3, 0.4) is 0 Å². The lowest BCUT2D eigenvalue weighted by Crippen LogP contribution is -2.09. The first-order chi connectivity index (χ1) is 12.1. The minimum atomic E-state index is 0.220. The first-order valence-corrected chi connectivity index (χ1v) is 8.16. The summed E-state index contributed by atoms with van der Waals surface area (Å²) in [5, 5.41) is 11.6. The van der Waals surface area contributed by atoms with Crippen LogP contribution in [0.15, 0.2) is 40.9 Å². The summed E-state index contributed by atoms with van der Waals surface area (Å²) < 4.78 is 10.1. The minimum absolute atomic E-state index is 0.220. The highest BCUT2D eigenvalue weighted by atomic mass is 79.9. The second kappa shape index (κ2) is 6.13. The van der Waals surface area contributed by atoms with Crippen LogP contribution in [0.4, 0.5) is 5.82 Å². The van der Waals surface area contributed by atoms with Gasteiger partial charge in [0.05, 0.1) is 11.2 Å². The van der Waals surface area contributed by atoms with Crippen molar-refractivity contribution < 1.29 is 4.74 Å². The molecule has 0 spiro atoms. The van der Waals surface area contributed by atoms with Gasteiger partial charge in [-0.25, -0.2) is 14.2 Å². The summed E-state index contributed by atoms with van der Waals surface area (Å²) in [6, 6.07) is 11.5. The third kappa shape index (κ3) is 2.80. The molecule has 10 heteroatoms. The predicted molar refractivity (Wildman–Crippen MR) is 94.1 cm³/mol. The molecule has 4 rings (SSSR count). The zero-order valence-corrected chi connectivity index (χ0v) is 14.8. The van der Waals surface area contributed by atoms with Crippen LogP contribution in [0.5, 0.6) is 6.01 Å². The van der Waals surface area contributed by atoms with Crippen molar-refractivity contribution in [3.05, 3.63) is 46.6 Å². The molecule has 0 aliphatic heterocycles. The van der Waals surface area contributed by atoms with E-state index in [4.69, 9.17) is 10.5 Å². The standard InChI is InChI=1S/C15H13BrN8O/c1-23-14(20-21-22-23)24-11-6-3-5-10(16)13(11)19-15(24)25-8-9-4-2-7-12(17)18-9/h2-7H,8H2,1H3,(H2,17,18). The summed E-state index contributed by atoms with van der Waals surface area (Å²) in [5.74, 6) is 0.936. The number of tetrazole rings is 1. The first kappa shape index (κ1) is 15.5. The number of hydrogen-bond acceptors (Lipinski definition) is 7. The number of nitrogens with zero attached hydrogens (tertiary/aromatic N) is 7. The predicted octanol–water partition coefficient (Wildman–Crippen LogP) is 1.87. The zero-order chi connectivity index (χ0) is 17.4. The number of aryl methyl sites for hydroxylation is 1. The molecule has 0 radical (unpaired) electrons. The van der Waals surface area contributed by atoms with Crippen molar-refractivity contribution in [1.29, 1.82) is 0 Å². The van der Waals surface area contributed by atoms with Gasteiger partial charge in [-0.05, 0) is 50.6 Å². The van der Waals surface area contributed by atoms with E-state index >= 15 is 0 Å². The molecule has 1 aromatic carbocycles. The second-order valence-electron chi connectivity index (χ2n) is 5.28. The molecule has 0 aliphatic carbocycles. The molecule has 3 heterocycles. The van der Waals surface area contributed by atoms with Gasteiger partial charge in [0.2, 0.25) is 0 Å². The number of nitrogen functional groups attached to an aromatic ring is 1. The van der Waals surface area contributed by atoms with Crippen molar-refractivity contribution >= 4 is 32.8 Å². The summed E-state index contributed by atoms with van der Waals surface area (Å²) in [7, 11) is 1.75. The Kier molecular flexibility index (Phi) is 3.80. The average Bonchev–Trinajstić information content (AvgIpc) is 3.17. The number of halogens is 1. The van der Waals surface area contributed by atoms with Gasteiger partial charge in [0.25, 0.3) is 5.95 Å². The Hall–Kier alpha value is -3.01. The molecule has 2 N–H and O–H groups in total. The number of aromatic nitrogens is 7. The summed E-state index contributed by atoms with van der Waals surface area (Å²) in [6.45, 7) is 0.220. The molecule has 126 valence electrons.